The van der Waals surface area contributed by atoms with Gasteiger partial charge in [-0.2, -0.15) is 11.3 Å². The number of ether oxygens (including phenoxy) is 1. The van der Waals surface area contributed by atoms with Gasteiger partial charge in [0.2, 0.25) is 5.91 Å². The number of rotatable bonds is 7. The quantitative estimate of drug-likeness (QED) is 0.755. The number of carbonyl (C=O) groups excluding carboxylic acids is 1. The highest BCUT2D eigenvalue weighted by atomic mass is 35.5. The average Bonchev–Trinajstić information content (AvgIpc) is 3.18. The molecule has 0 saturated carbocycles. The molecule has 2 heterocycles. The Bertz CT molecular complexity index is 648. The van der Waals surface area contributed by atoms with E-state index in [0.29, 0.717) is 26.2 Å². The van der Waals surface area contributed by atoms with E-state index in [1.807, 2.05) is 47.2 Å². The third-order valence-corrected chi connectivity index (χ3v) is 5.01. The van der Waals surface area contributed by atoms with Crippen molar-refractivity contribution >= 4 is 29.7 Å². The number of thiophene rings is 1. The van der Waals surface area contributed by atoms with Gasteiger partial charge in [0.1, 0.15) is 0 Å². The zero-order valence-corrected chi connectivity index (χ0v) is 16.2. The Morgan fingerprint density at radius 3 is 2.81 bits per heavy atom. The van der Waals surface area contributed by atoms with Crippen LogP contribution in [0.5, 0.6) is 0 Å². The maximum absolute atomic E-state index is 12.8. The smallest absolute Gasteiger partial charge is 0.224 e. The molecule has 2 aromatic rings. The number of amides is 1. The van der Waals surface area contributed by atoms with E-state index in [-0.39, 0.29) is 30.9 Å². The van der Waals surface area contributed by atoms with E-state index in [0.717, 1.165) is 17.7 Å². The van der Waals surface area contributed by atoms with Crippen molar-refractivity contribution < 1.29 is 14.6 Å². The molecule has 1 aliphatic heterocycles. The molecule has 2 atom stereocenters. The molecule has 26 heavy (non-hydrogen) atoms. The summed E-state index contributed by atoms with van der Waals surface area (Å²) in [5, 5.41) is 17.7. The predicted molar refractivity (Wildman–Crippen MR) is 106 cm³/mol. The first-order valence-electron chi connectivity index (χ1n) is 8.55. The van der Waals surface area contributed by atoms with E-state index < -0.39 is 6.10 Å². The second-order valence-corrected chi connectivity index (χ2v) is 7.04. The first-order valence-corrected chi connectivity index (χ1v) is 9.49. The lowest BCUT2D eigenvalue weighted by atomic mass is 10.1. The van der Waals surface area contributed by atoms with Gasteiger partial charge in [-0.1, -0.05) is 30.3 Å². The first kappa shape index (κ1) is 20.9. The highest BCUT2D eigenvalue weighted by molar-refractivity contribution is 7.07. The molecular weight excluding hydrogens is 372 g/mol. The molecule has 0 spiro atoms. The van der Waals surface area contributed by atoms with E-state index in [2.05, 4.69) is 5.32 Å². The Balaban J connectivity index is 0.00000243. The lowest BCUT2D eigenvalue weighted by Gasteiger charge is -2.29. The number of aliphatic hydroxyl groups excluding tert-OH is 1. The Hall–Kier alpha value is -1.44. The van der Waals surface area contributed by atoms with Crippen molar-refractivity contribution in [3.05, 3.63) is 58.3 Å². The molecule has 3 rings (SSSR count). The number of carbonyl (C=O) groups is 1. The normalized spacial score (nSPS) is 18.0. The summed E-state index contributed by atoms with van der Waals surface area (Å²) < 4.78 is 5.44. The van der Waals surface area contributed by atoms with Crippen LogP contribution in [0.15, 0.2) is 47.2 Å². The Kier molecular flexibility index (Phi) is 8.54. The van der Waals surface area contributed by atoms with Crippen molar-refractivity contribution in [2.24, 2.45) is 0 Å². The van der Waals surface area contributed by atoms with Crippen LogP contribution in [0.2, 0.25) is 0 Å². The molecule has 1 aliphatic rings. The Morgan fingerprint density at radius 2 is 2.15 bits per heavy atom. The second-order valence-electron chi connectivity index (χ2n) is 6.26. The molecule has 2 N–H and O–H groups in total. The molecule has 7 heteroatoms. The average molecular weight is 397 g/mol. The fourth-order valence-corrected chi connectivity index (χ4v) is 3.63. The van der Waals surface area contributed by atoms with Crippen LogP contribution in [0.1, 0.15) is 23.7 Å². The van der Waals surface area contributed by atoms with E-state index in [4.69, 9.17) is 4.74 Å². The fourth-order valence-electron chi connectivity index (χ4n) is 2.93. The Labute approximate surface area is 164 Å². The summed E-state index contributed by atoms with van der Waals surface area (Å²) in [6.07, 6.45) is -0.294. The van der Waals surface area contributed by atoms with Crippen LogP contribution in [0.4, 0.5) is 0 Å². The van der Waals surface area contributed by atoms with Crippen molar-refractivity contribution in [2.75, 3.05) is 26.3 Å². The van der Waals surface area contributed by atoms with Crippen molar-refractivity contribution in [1.82, 2.24) is 10.2 Å². The van der Waals surface area contributed by atoms with Crippen LogP contribution >= 0.6 is 23.7 Å². The maximum atomic E-state index is 12.8. The molecule has 0 radical (unpaired) electrons. The van der Waals surface area contributed by atoms with Gasteiger partial charge < -0.3 is 20.1 Å². The summed E-state index contributed by atoms with van der Waals surface area (Å²) in [5.74, 6) is 0.0288. The molecule has 1 saturated heterocycles. The monoisotopic (exact) mass is 396 g/mol. The van der Waals surface area contributed by atoms with Gasteiger partial charge in [0.25, 0.3) is 0 Å². The summed E-state index contributed by atoms with van der Waals surface area (Å²) in [6.45, 7) is 2.80. The number of hydrogen-bond acceptors (Lipinski definition) is 5. The van der Waals surface area contributed by atoms with E-state index in [1.54, 1.807) is 16.2 Å². The number of aliphatic hydroxyl groups is 1. The number of nitrogens with zero attached hydrogens (tertiary/aromatic N) is 1. The zero-order chi connectivity index (χ0) is 17.5. The minimum absolute atomic E-state index is 0. The van der Waals surface area contributed by atoms with Crippen LogP contribution in [-0.4, -0.2) is 48.3 Å². The van der Waals surface area contributed by atoms with E-state index >= 15 is 0 Å². The lowest BCUT2D eigenvalue weighted by Crippen LogP contribution is -2.45. The highest BCUT2D eigenvalue weighted by Gasteiger charge is 2.23. The van der Waals surface area contributed by atoms with E-state index in [1.165, 1.54) is 0 Å². The number of halogens is 1. The predicted octanol–water partition coefficient (Wildman–Crippen LogP) is 2.61. The molecule has 1 amide bonds. The second kappa shape index (κ2) is 10.6. The van der Waals surface area contributed by atoms with Crippen LogP contribution in [0.3, 0.4) is 0 Å². The van der Waals surface area contributed by atoms with Crippen molar-refractivity contribution in [3.63, 3.8) is 0 Å². The van der Waals surface area contributed by atoms with Crippen molar-refractivity contribution in [2.45, 2.75) is 25.1 Å². The van der Waals surface area contributed by atoms with Gasteiger partial charge in [-0.05, 0) is 28.0 Å². The minimum atomic E-state index is -0.672. The first-order chi connectivity index (χ1) is 12.2. The molecule has 142 valence electrons. The Morgan fingerprint density at radius 1 is 1.35 bits per heavy atom. The summed E-state index contributed by atoms with van der Waals surface area (Å²) in [6, 6.07) is 11.8. The fraction of sp³-hybridized carbons (Fsp3) is 0.421. The zero-order valence-electron chi connectivity index (χ0n) is 14.5. The molecular formula is C19H25ClN2O3S. The summed E-state index contributed by atoms with van der Waals surface area (Å²) >= 11 is 1.55. The number of nitrogens with one attached hydrogen (secondary N) is 1. The van der Waals surface area contributed by atoms with Crippen LogP contribution in [0, 0.1) is 0 Å². The third-order valence-electron chi connectivity index (χ3n) is 4.31. The van der Waals surface area contributed by atoms with Crippen LogP contribution in [-0.2, 0) is 16.1 Å². The van der Waals surface area contributed by atoms with Gasteiger partial charge in [-0.25, -0.2) is 0 Å². The molecule has 5 nitrogen and oxygen atoms in total. The maximum Gasteiger partial charge on any atom is 0.224 e. The van der Waals surface area contributed by atoms with Gasteiger partial charge in [-0.15, -0.1) is 12.4 Å². The molecule has 1 aromatic heterocycles. The topological polar surface area (TPSA) is 61.8 Å². The van der Waals surface area contributed by atoms with Crippen molar-refractivity contribution in [3.8, 4) is 0 Å². The summed E-state index contributed by atoms with van der Waals surface area (Å²) in [5.41, 5.74) is 1.91. The molecule has 0 aliphatic carbocycles. The van der Waals surface area contributed by atoms with Gasteiger partial charge in [-0.3, -0.25) is 4.79 Å². The van der Waals surface area contributed by atoms with Crippen LogP contribution < -0.4 is 5.32 Å². The largest absolute Gasteiger partial charge is 0.387 e. The summed E-state index contributed by atoms with van der Waals surface area (Å²) in [4.78, 5) is 14.6. The van der Waals surface area contributed by atoms with Gasteiger partial charge in [0, 0.05) is 25.6 Å². The van der Waals surface area contributed by atoms with Gasteiger partial charge in [0.15, 0.2) is 0 Å². The summed E-state index contributed by atoms with van der Waals surface area (Å²) in [7, 11) is 0. The van der Waals surface area contributed by atoms with Crippen LogP contribution in [0.25, 0.3) is 0 Å². The minimum Gasteiger partial charge on any atom is -0.387 e. The highest BCUT2D eigenvalue weighted by Crippen LogP contribution is 2.19. The standard InChI is InChI=1S/C19H24N2O3S.ClH/c22-18(16-6-9-25-14-16)12-21(11-15-4-2-1-3-5-15)19(23)10-17-13-24-8-7-20-17;/h1-6,9,14,17-18,20,22H,7-8,10-13H2;1H. The van der Waals surface area contributed by atoms with Gasteiger partial charge in [0.05, 0.1) is 25.9 Å². The molecule has 1 aromatic carbocycles. The third kappa shape index (κ3) is 6.07. The molecule has 1 fully saturated rings. The number of hydrogen-bond donors (Lipinski definition) is 2. The van der Waals surface area contributed by atoms with Crippen molar-refractivity contribution in [1.29, 1.82) is 0 Å². The van der Waals surface area contributed by atoms with E-state index in [9.17, 15) is 9.90 Å². The molecule has 0 bridgehead atoms. The number of benzene rings is 1. The molecule has 2 unspecified atom stereocenters. The van der Waals surface area contributed by atoms with Gasteiger partial charge >= 0.3 is 0 Å². The lowest BCUT2D eigenvalue weighted by molar-refractivity contribution is -0.134. The SMILES string of the molecule is Cl.O=C(CC1COCCN1)N(Cc1ccccc1)CC(O)c1ccsc1. The number of morpholine rings is 1.